The molecule has 1 aromatic heterocycles. The predicted molar refractivity (Wildman–Crippen MR) is 146 cm³/mol. The van der Waals surface area contributed by atoms with Gasteiger partial charge in [-0.05, 0) is 29.3 Å². The molecule has 1 aliphatic rings. The average molecular weight is 545 g/mol. The van der Waals surface area contributed by atoms with Crippen LogP contribution in [0, 0.1) is 10.1 Å². The number of carboxylic acids is 1. The Morgan fingerprint density at radius 2 is 1.79 bits per heavy atom. The molecule has 0 unspecified atom stereocenters. The third-order valence-electron chi connectivity index (χ3n) is 6.53. The number of benzene rings is 3. The van der Waals surface area contributed by atoms with E-state index >= 15 is 0 Å². The minimum absolute atomic E-state index is 0.0853. The highest BCUT2D eigenvalue weighted by atomic mass is 35.5. The largest absolute Gasteiger partial charge is 0.481 e. The first-order chi connectivity index (χ1) is 18.7. The molecule has 5 rings (SSSR count). The number of pyridine rings is 1. The number of H-pyrrole nitrogens is 1. The summed E-state index contributed by atoms with van der Waals surface area (Å²) >= 11 is 6.12. The van der Waals surface area contributed by atoms with Crippen LogP contribution in [0.25, 0.3) is 22.0 Å². The maximum atomic E-state index is 13.5. The zero-order chi connectivity index (χ0) is 27.7. The molecule has 11 heteroatoms. The number of halogens is 1. The van der Waals surface area contributed by atoms with E-state index in [1.165, 1.54) is 18.2 Å². The molecule has 4 aromatic rings. The van der Waals surface area contributed by atoms with E-state index < -0.39 is 34.8 Å². The van der Waals surface area contributed by atoms with Crippen LogP contribution in [0.2, 0.25) is 5.02 Å². The van der Waals surface area contributed by atoms with E-state index in [-0.39, 0.29) is 24.1 Å². The topological polar surface area (TPSA) is 146 Å². The van der Waals surface area contributed by atoms with E-state index in [1.807, 2.05) is 12.1 Å². The standard InChI is InChI=1S/C28H21ClN4O6/c29-18-10-8-16(9-11-18)26-20-6-1-2-7-21(20)30-28(37)27(26)22-15-23(17-4-3-5-19(14-17)33(38)39)32(31-22)24(34)12-13-25(35)36/h1-11,14,23H,12-13,15H2,(H,30,37)(H,35,36)/t23-/m1/s1. The number of carboxylic acid groups (broad SMARTS) is 1. The van der Waals surface area contributed by atoms with Crippen LogP contribution in [0.5, 0.6) is 0 Å². The van der Waals surface area contributed by atoms with Crippen molar-refractivity contribution in [1.29, 1.82) is 0 Å². The van der Waals surface area contributed by atoms with Crippen LogP contribution in [0.3, 0.4) is 0 Å². The van der Waals surface area contributed by atoms with Crippen molar-refractivity contribution in [3.63, 3.8) is 0 Å². The number of nitro benzene ring substituents is 1. The molecule has 0 radical (unpaired) electrons. The molecule has 0 aliphatic carbocycles. The third-order valence-corrected chi connectivity index (χ3v) is 6.78. The highest BCUT2D eigenvalue weighted by Crippen LogP contribution is 2.38. The number of carbonyl (C=O) groups is 2. The minimum Gasteiger partial charge on any atom is -0.481 e. The highest BCUT2D eigenvalue weighted by Gasteiger charge is 2.36. The van der Waals surface area contributed by atoms with Crippen LogP contribution in [-0.2, 0) is 9.59 Å². The van der Waals surface area contributed by atoms with Gasteiger partial charge >= 0.3 is 5.97 Å². The maximum absolute atomic E-state index is 13.5. The summed E-state index contributed by atoms with van der Waals surface area (Å²) in [5.74, 6) is -1.72. The number of non-ortho nitro benzene ring substituents is 1. The summed E-state index contributed by atoms with van der Waals surface area (Å²) in [5.41, 5.74) is 2.33. The number of carbonyl (C=O) groups excluding carboxylic acids is 1. The van der Waals surface area contributed by atoms with Crippen molar-refractivity contribution in [2.75, 3.05) is 0 Å². The fraction of sp³-hybridized carbons (Fsp3) is 0.143. The van der Waals surface area contributed by atoms with Gasteiger partial charge in [0.05, 0.1) is 28.7 Å². The molecule has 0 bridgehead atoms. The minimum atomic E-state index is -1.14. The number of rotatable bonds is 7. The average Bonchev–Trinajstić information content (AvgIpc) is 3.36. The summed E-state index contributed by atoms with van der Waals surface area (Å²) in [6.45, 7) is 0. The molecule has 1 atom stereocenters. The highest BCUT2D eigenvalue weighted by molar-refractivity contribution is 6.30. The van der Waals surface area contributed by atoms with Gasteiger partial charge in [0, 0.05) is 46.5 Å². The SMILES string of the molecule is O=C(O)CCC(=O)N1N=C(c2c(-c3ccc(Cl)cc3)c3ccccc3[nH]c2=O)C[C@@H]1c1cccc([N+](=O)[O-])c1. The molecule has 2 heterocycles. The van der Waals surface area contributed by atoms with Crippen LogP contribution in [0.1, 0.15) is 36.4 Å². The van der Waals surface area contributed by atoms with Gasteiger partial charge < -0.3 is 10.1 Å². The molecule has 1 aliphatic heterocycles. The van der Waals surface area contributed by atoms with E-state index in [4.69, 9.17) is 16.7 Å². The second-order valence-electron chi connectivity index (χ2n) is 9.01. The van der Waals surface area contributed by atoms with Crippen LogP contribution in [0.15, 0.2) is 82.7 Å². The number of fused-ring (bicyclic) bond motifs is 1. The molecule has 0 fully saturated rings. The number of hydrogen-bond acceptors (Lipinski definition) is 6. The van der Waals surface area contributed by atoms with Crippen molar-refractivity contribution in [2.45, 2.75) is 25.3 Å². The lowest BCUT2D eigenvalue weighted by atomic mass is 9.91. The Bertz CT molecular complexity index is 1710. The number of hydrazone groups is 1. The molecular formula is C28H21ClN4O6. The fourth-order valence-corrected chi connectivity index (χ4v) is 4.89. The van der Waals surface area contributed by atoms with Crippen molar-refractivity contribution >= 4 is 45.8 Å². The van der Waals surface area contributed by atoms with Gasteiger partial charge in [-0.1, -0.05) is 54.1 Å². The number of aliphatic carboxylic acids is 1. The lowest BCUT2D eigenvalue weighted by molar-refractivity contribution is -0.385. The molecule has 0 saturated carbocycles. The normalized spacial score (nSPS) is 14.8. The number of aromatic amines is 1. The lowest BCUT2D eigenvalue weighted by Crippen LogP contribution is -2.27. The fourth-order valence-electron chi connectivity index (χ4n) is 4.76. The number of amides is 1. The molecule has 2 N–H and O–H groups in total. The number of para-hydroxylation sites is 1. The Kier molecular flexibility index (Phi) is 6.95. The zero-order valence-electron chi connectivity index (χ0n) is 20.3. The van der Waals surface area contributed by atoms with Crippen LogP contribution in [0.4, 0.5) is 5.69 Å². The molecule has 196 valence electrons. The van der Waals surface area contributed by atoms with E-state index in [1.54, 1.807) is 42.5 Å². The maximum Gasteiger partial charge on any atom is 0.303 e. The number of nitrogens with zero attached hydrogens (tertiary/aromatic N) is 3. The van der Waals surface area contributed by atoms with Gasteiger partial charge in [0.15, 0.2) is 0 Å². The van der Waals surface area contributed by atoms with Crippen molar-refractivity contribution in [3.05, 3.63) is 109 Å². The van der Waals surface area contributed by atoms with Gasteiger partial charge in [0.1, 0.15) is 0 Å². The Hall–Kier alpha value is -4.83. The van der Waals surface area contributed by atoms with Gasteiger partial charge in [-0.25, -0.2) is 5.01 Å². The second-order valence-corrected chi connectivity index (χ2v) is 9.44. The van der Waals surface area contributed by atoms with Gasteiger partial charge in [-0.15, -0.1) is 0 Å². The van der Waals surface area contributed by atoms with Crippen LogP contribution < -0.4 is 5.56 Å². The van der Waals surface area contributed by atoms with E-state index in [0.717, 1.165) is 10.4 Å². The molecule has 0 spiro atoms. The molecule has 1 amide bonds. The molecule has 39 heavy (non-hydrogen) atoms. The molecular weight excluding hydrogens is 524 g/mol. The molecule has 3 aromatic carbocycles. The first kappa shape index (κ1) is 25.8. The van der Waals surface area contributed by atoms with E-state index in [2.05, 4.69) is 10.1 Å². The Balaban J connectivity index is 1.69. The summed E-state index contributed by atoms with van der Waals surface area (Å²) in [6.07, 6.45) is -0.647. The smallest absolute Gasteiger partial charge is 0.303 e. The van der Waals surface area contributed by atoms with Crippen molar-refractivity contribution < 1.29 is 19.6 Å². The first-order valence-corrected chi connectivity index (χ1v) is 12.4. The van der Waals surface area contributed by atoms with Gasteiger partial charge in [0.2, 0.25) is 5.91 Å². The van der Waals surface area contributed by atoms with E-state index in [9.17, 15) is 24.5 Å². The number of nitro groups is 1. The van der Waals surface area contributed by atoms with Crippen molar-refractivity contribution in [2.24, 2.45) is 5.10 Å². The molecule has 0 saturated heterocycles. The van der Waals surface area contributed by atoms with Crippen LogP contribution in [-0.4, -0.2) is 37.6 Å². The predicted octanol–water partition coefficient (Wildman–Crippen LogP) is 5.30. The lowest BCUT2D eigenvalue weighted by Gasteiger charge is -2.21. The quantitative estimate of drug-likeness (QED) is 0.238. The Labute approximate surface area is 226 Å². The Morgan fingerprint density at radius 3 is 2.51 bits per heavy atom. The van der Waals surface area contributed by atoms with Crippen molar-refractivity contribution in [1.82, 2.24) is 9.99 Å². The summed E-state index contributed by atoms with van der Waals surface area (Å²) in [4.78, 5) is 51.6. The summed E-state index contributed by atoms with van der Waals surface area (Å²) in [7, 11) is 0. The van der Waals surface area contributed by atoms with Gasteiger partial charge in [-0.3, -0.25) is 24.5 Å². The number of nitrogens with one attached hydrogen (secondary N) is 1. The van der Waals surface area contributed by atoms with Crippen LogP contribution >= 0.6 is 11.6 Å². The van der Waals surface area contributed by atoms with E-state index in [0.29, 0.717) is 32.9 Å². The second kappa shape index (κ2) is 10.5. The number of hydrogen-bond donors (Lipinski definition) is 2. The Morgan fingerprint density at radius 1 is 1.05 bits per heavy atom. The summed E-state index contributed by atoms with van der Waals surface area (Å²) in [5, 5.41) is 27.5. The monoisotopic (exact) mass is 544 g/mol. The first-order valence-electron chi connectivity index (χ1n) is 12.0. The summed E-state index contributed by atoms with van der Waals surface area (Å²) in [6, 6.07) is 19.3. The van der Waals surface area contributed by atoms with Crippen molar-refractivity contribution in [3.8, 4) is 11.1 Å². The number of aromatic nitrogens is 1. The molecule has 10 nitrogen and oxygen atoms in total. The van der Waals surface area contributed by atoms with Gasteiger partial charge in [-0.2, -0.15) is 5.10 Å². The summed E-state index contributed by atoms with van der Waals surface area (Å²) < 4.78 is 0. The third kappa shape index (κ3) is 5.14. The van der Waals surface area contributed by atoms with Gasteiger partial charge in [0.25, 0.3) is 11.2 Å². The zero-order valence-corrected chi connectivity index (χ0v) is 21.1.